The number of H-pyrrole nitrogens is 2. The first-order chi connectivity index (χ1) is 16.7. The number of carbonyl (C=O) groups excluding carboxylic acids is 1. The summed E-state index contributed by atoms with van der Waals surface area (Å²) in [5.41, 5.74) is 3.59. The molecule has 0 bridgehead atoms. The number of Topliss-reactive ketones (excluding diaryl/α,β-unsaturated/α-hetero) is 1. The molecule has 3 N–H and O–H groups in total. The van der Waals surface area contributed by atoms with E-state index in [-0.39, 0.29) is 12.2 Å². The summed E-state index contributed by atoms with van der Waals surface area (Å²) in [5, 5.41) is 19.5. The van der Waals surface area contributed by atoms with Gasteiger partial charge in [0.1, 0.15) is 11.5 Å². The zero-order valence-corrected chi connectivity index (χ0v) is 17.6. The first-order valence-electron chi connectivity index (χ1n) is 10.4. The van der Waals surface area contributed by atoms with Crippen LogP contribution in [0.3, 0.4) is 0 Å². The van der Waals surface area contributed by atoms with Crippen molar-refractivity contribution in [2.45, 2.75) is 6.42 Å². The van der Waals surface area contributed by atoms with Gasteiger partial charge in [-0.3, -0.25) is 9.89 Å². The fraction of sp³-hybridized carbons (Fsp3) is 0.0435. The normalized spacial score (nSPS) is 11.2. The lowest BCUT2D eigenvalue weighted by Gasteiger charge is -2.06. The molecule has 0 aliphatic carbocycles. The Morgan fingerprint density at radius 3 is 2.74 bits per heavy atom. The highest BCUT2D eigenvalue weighted by Crippen LogP contribution is 2.22. The third-order valence-electron chi connectivity index (χ3n) is 5.25. The summed E-state index contributed by atoms with van der Waals surface area (Å²) < 4.78 is 0. The molecule has 0 radical (unpaired) electrons. The minimum atomic E-state index is -0.0791. The monoisotopic (exact) mass is 448 g/mol. The van der Waals surface area contributed by atoms with Crippen molar-refractivity contribution < 1.29 is 4.79 Å². The van der Waals surface area contributed by atoms with E-state index in [1.54, 1.807) is 49.2 Å². The predicted molar refractivity (Wildman–Crippen MR) is 124 cm³/mol. The minimum absolute atomic E-state index is 0.0791. The van der Waals surface area contributed by atoms with Crippen molar-refractivity contribution in [3.05, 3.63) is 78.6 Å². The number of ketones is 1. The zero-order valence-electron chi connectivity index (χ0n) is 17.6. The Morgan fingerprint density at radius 2 is 1.82 bits per heavy atom. The predicted octanol–water partition coefficient (Wildman–Crippen LogP) is 3.25. The Hall–Kier alpha value is -5.06. The van der Waals surface area contributed by atoms with Crippen molar-refractivity contribution >= 4 is 39.2 Å². The maximum absolute atomic E-state index is 12.7. The molecule has 5 heterocycles. The third-order valence-corrected chi connectivity index (χ3v) is 5.25. The van der Waals surface area contributed by atoms with Crippen LogP contribution in [0.25, 0.3) is 33.6 Å². The molecule has 0 fully saturated rings. The van der Waals surface area contributed by atoms with E-state index in [2.05, 4.69) is 50.6 Å². The number of fused-ring (bicyclic) bond motifs is 2. The second-order valence-electron chi connectivity index (χ2n) is 7.59. The fourth-order valence-electron chi connectivity index (χ4n) is 3.58. The molecule has 0 amide bonds. The number of carbonyl (C=O) groups is 1. The van der Waals surface area contributed by atoms with Crippen LogP contribution in [0, 0.1) is 0 Å². The van der Waals surface area contributed by atoms with Gasteiger partial charge in [-0.15, -0.1) is 0 Å². The number of rotatable bonds is 6. The van der Waals surface area contributed by atoms with Crippen molar-refractivity contribution in [3.8, 4) is 11.6 Å². The van der Waals surface area contributed by atoms with Gasteiger partial charge in [0.2, 0.25) is 0 Å². The Morgan fingerprint density at radius 1 is 0.882 bits per heavy atom. The minimum Gasteiger partial charge on any atom is -0.340 e. The van der Waals surface area contributed by atoms with Crippen molar-refractivity contribution in [1.82, 2.24) is 45.3 Å². The molecular weight excluding hydrogens is 432 g/mol. The lowest BCUT2D eigenvalue weighted by molar-refractivity contribution is 0.0989. The van der Waals surface area contributed by atoms with Crippen molar-refractivity contribution in [1.29, 1.82) is 0 Å². The van der Waals surface area contributed by atoms with E-state index in [0.717, 1.165) is 27.5 Å². The fourth-order valence-corrected chi connectivity index (χ4v) is 3.58. The summed E-state index contributed by atoms with van der Waals surface area (Å²) in [4.78, 5) is 33.5. The molecule has 0 spiro atoms. The van der Waals surface area contributed by atoms with E-state index in [0.29, 0.717) is 28.8 Å². The molecule has 6 rings (SSSR count). The van der Waals surface area contributed by atoms with Crippen LogP contribution in [0.1, 0.15) is 16.1 Å². The van der Waals surface area contributed by atoms with Gasteiger partial charge >= 0.3 is 0 Å². The molecule has 11 nitrogen and oxygen atoms in total. The number of hydrogen-bond donors (Lipinski definition) is 3. The van der Waals surface area contributed by atoms with Gasteiger partial charge in [-0.25, -0.2) is 19.9 Å². The van der Waals surface area contributed by atoms with Gasteiger partial charge in [-0.2, -0.15) is 15.3 Å². The standard InChI is InChI=1S/C23H16N10O/c34-19(7-13-3-6-26-27-10-13)18-9-15-11-25-23(32-21(15)30-18)22-24-5-4-20(31-22)29-16-1-2-17-14(8-16)12-28-33-17/h1-6,8-12H,7H2,(H,28,33)(H,24,29,31)(H,25,30,32). The van der Waals surface area contributed by atoms with E-state index in [1.165, 1.54) is 0 Å². The summed E-state index contributed by atoms with van der Waals surface area (Å²) in [6.45, 7) is 0. The molecule has 164 valence electrons. The van der Waals surface area contributed by atoms with E-state index < -0.39 is 0 Å². The quantitative estimate of drug-likeness (QED) is 0.326. The summed E-state index contributed by atoms with van der Waals surface area (Å²) in [6, 6.07) is 11.1. The van der Waals surface area contributed by atoms with Gasteiger partial charge in [0.05, 0.1) is 23.6 Å². The summed E-state index contributed by atoms with van der Waals surface area (Å²) in [5.74, 6) is 1.23. The number of nitrogens with zero attached hydrogens (tertiary/aromatic N) is 7. The smallest absolute Gasteiger partial charge is 0.199 e. The average Bonchev–Trinajstić information content (AvgIpc) is 3.51. The van der Waals surface area contributed by atoms with Crippen LogP contribution in [0.4, 0.5) is 11.5 Å². The number of aromatic amines is 2. The summed E-state index contributed by atoms with van der Waals surface area (Å²) in [7, 11) is 0. The summed E-state index contributed by atoms with van der Waals surface area (Å²) in [6.07, 6.45) is 8.40. The highest BCUT2D eigenvalue weighted by atomic mass is 16.1. The maximum atomic E-state index is 12.7. The first kappa shape index (κ1) is 19.6. The molecule has 34 heavy (non-hydrogen) atoms. The Kier molecular flexibility index (Phi) is 4.69. The molecule has 1 aromatic carbocycles. The summed E-state index contributed by atoms with van der Waals surface area (Å²) >= 11 is 0. The second-order valence-corrected chi connectivity index (χ2v) is 7.59. The molecule has 11 heteroatoms. The van der Waals surface area contributed by atoms with Crippen LogP contribution in [0.5, 0.6) is 0 Å². The number of anilines is 2. The van der Waals surface area contributed by atoms with Crippen LogP contribution in [-0.4, -0.2) is 51.1 Å². The molecule has 0 aliphatic rings. The second kappa shape index (κ2) is 8.13. The Bertz CT molecular complexity index is 1640. The largest absolute Gasteiger partial charge is 0.340 e. The lowest BCUT2D eigenvalue weighted by atomic mass is 10.1. The van der Waals surface area contributed by atoms with Gasteiger partial charge in [-0.1, -0.05) is 0 Å². The SMILES string of the molecule is O=C(Cc1ccnnc1)c1cc2cnc(-c3nccc(Nc4ccc5[nH]ncc5c4)n3)nc2[nH]1. The van der Waals surface area contributed by atoms with Crippen molar-refractivity contribution in [2.75, 3.05) is 5.32 Å². The van der Waals surface area contributed by atoms with Crippen LogP contribution in [-0.2, 0) is 6.42 Å². The topological polar surface area (TPSA) is 151 Å². The molecule has 0 atom stereocenters. The zero-order chi connectivity index (χ0) is 22.9. The van der Waals surface area contributed by atoms with E-state index >= 15 is 0 Å². The molecule has 0 saturated carbocycles. The number of benzene rings is 1. The third kappa shape index (κ3) is 3.81. The average molecular weight is 448 g/mol. The Balaban J connectivity index is 1.25. The lowest BCUT2D eigenvalue weighted by Crippen LogP contribution is -2.04. The van der Waals surface area contributed by atoms with Gasteiger partial charge in [0.15, 0.2) is 17.4 Å². The van der Waals surface area contributed by atoms with E-state index in [9.17, 15) is 4.79 Å². The molecular formula is C23H16N10O. The van der Waals surface area contributed by atoms with E-state index in [1.807, 2.05) is 18.2 Å². The van der Waals surface area contributed by atoms with Crippen LogP contribution in [0.2, 0.25) is 0 Å². The van der Waals surface area contributed by atoms with Crippen molar-refractivity contribution in [2.24, 2.45) is 0 Å². The molecule has 5 aromatic heterocycles. The first-order valence-corrected chi connectivity index (χ1v) is 10.4. The van der Waals surface area contributed by atoms with Gasteiger partial charge in [0.25, 0.3) is 0 Å². The van der Waals surface area contributed by atoms with Crippen LogP contribution >= 0.6 is 0 Å². The van der Waals surface area contributed by atoms with Crippen LogP contribution in [0.15, 0.2) is 67.4 Å². The number of hydrogen-bond acceptors (Lipinski definition) is 9. The number of aromatic nitrogens is 9. The Labute approximate surface area is 191 Å². The van der Waals surface area contributed by atoms with Crippen LogP contribution < -0.4 is 5.32 Å². The van der Waals surface area contributed by atoms with Gasteiger partial charge < -0.3 is 10.3 Å². The van der Waals surface area contributed by atoms with Gasteiger partial charge in [-0.05, 0) is 42.0 Å². The molecule has 0 aliphatic heterocycles. The highest BCUT2D eigenvalue weighted by Gasteiger charge is 2.14. The maximum Gasteiger partial charge on any atom is 0.199 e. The van der Waals surface area contributed by atoms with Gasteiger partial charge in [0, 0.05) is 41.5 Å². The molecule has 6 aromatic rings. The number of nitrogens with one attached hydrogen (secondary N) is 3. The highest BCUT2D eigenvalue weighted by molar-refractivity contribution is 5.99. The molecule has 0 saturated heterocycles. The molecule has 0 unspecified atom stereocenters. The van der Waals surface area contributed by atoms with Crippen molar-refractivity contribution in [3.63, 3.8) is 0 Å². The van der Waals surface area contributed by atoms with E-state index in [4.69, 9.17) is 0 Å².